The molecule has 0 aromatic heterocycles. The average molecular weight is 340 g/mol. The van der Waals surface area contributed by atoms with E-state index in [2.05, 4.69) is 10.1 Å². The molecule has 0 saturated carbocycles. The molecular weight excluding hydrogens is 320 g/mol. The van der Waals surface area contributed by atoms with E-state index in [4.69, 9.17) is 0 Å². The van der Waals surface area contributed by atoms with Gasteiger partial charge in [-0.05, 0) is 37.1 Å². The van der Waals surface area contributed by atoms with Crippen LogP contribution in [0.25, 0.3) is 0 Å². The molecule has 0 bridgehead atoms. The Morgan fingerprint density at radius 2 is 1.74 bits per heavy atom. The van der Waals surface area contributed by atoms with E-state index in [0.29, 0.717) is 18.8 Å². The Morgan fingerprint density at radius 3 is 2.30 bits per heavy atom. The topological polar surface area (TPSA) is 92.8 Å². The Balaban J connectivity index is 1.96. The number of anilines is 1. The van der Waals surface area contributed by atoms with Gasteiger partial charge in [0.1, 0.15) is 0 Å². The summed E-state index contributed by atoms with van der Waals surface area (Å²) in [4.78, 5) is 22.9. The van der Waals surface area contributed by atoms with E-state index in [1.54, 1.807) is 12.1 Å². The molecular formula is C15H20N2O5S. The van der Waals surface area contributed by atoms with Crippen LogP contribution in [0.5, 0.6) is 0 Å². The molecule has 1 fully saturated rings. The second-order valence-corrected chi connectivity index (χ2v) is 7.20. The third-order valence-electron chi connectivity index (χ3n) is 3.62. The third kappa shape index (κ3) is 4.52. The molecule has 0 atom stereocenters. The van der Waals surface area contributed by atoms with Gasteiger partial charge in [0.2, 0.25) is 15.9 Å². The minimum atomic E-state index is -3.45. The number of carbonyl (C=O) groups is 2. The van der Waals surface area contributed by atoms with E-state index in [1.807, 2.05) is 0 Å². The van der Waals surface area contributed by atoms with Crippen molar-refractivity contribution in [1.29, 1.82) is 0 Å². The van der Waals surface area contributed by atoms with Crippen molar-refractivity contribution >= 4 is 27.6 Å². The first kappa shape index (κ1) is 17.4. The molecule has 1 amide bonds. The van der Waals surface area contributed by atoms with Crippen molar-refractivity contribution in [3.05, 3.63) is 24.3 Å². The van der Waals surface area contributed by atoms with E-state index < -0.39 is 16.0 Å². The summed E-state index contributed by atoms with van der Waals surface area (Å²) in [5, 5.41) is 2.61. The van der Waals surface area contributed by atoms with Gasteiger partial charge in [0.25, 0.3) is 0 Å². The quantitative estimate of drug-likeness (QED) is 0.789. The predicted molar refractivity (Wildman–Crippen MR) is 84.3 cm³/mol. The Kier molecular flexibility index (Phi) is 5.73. The molecule has 1 heterocycles. The normalized spacial score (nSPS) is 15.3. The molecule has 0 spiro atoms. The molecule has 1 aromatic rings. The number of hydrogen-bond acceptors (Lipinski definition) is 5. The van der Waals surface area contributed by atoms with Crippen LogP contribution in [0.4, 0.5) is 5.69 Å². The van der Waals surface area contributed by atoms with Crippen LogP contribution in [0.1, 0.15) is 25.7 Å². The molecule has 23 heavy (non-hydrogen) atoms. The van der Waals surface area contributed by atoms with Gasteiger partial charge < -0.3 is 10.1 Å². The maximum atomic E-state index is 12.4. The summed E-state index contributed by atoms with van der Waals surface area (Å²) < 4.78 is 30.7. The lowest BCUT2D eigenvalue weighted by Crippen LogP contribution is -2.27. The van der Waals surface area contributed by atoms with Crippen molar-refractivity contribution in [2.45, 2.75) is 30.6 Å². The second-order valence-electron chi connectivity index (χ2n) is 5.26. The highest BCUT2D eigenvalue weighted by Gasteiger charge is 2.26. The molecule has 1 N–H and O–H groups in total. The predicted octanol–water partition coefficient (Wildman–Crippen LogP) is 1.36. The Labute approximate surface area is 135 Å². The van der Waals surface area contributed by atoms with Crippen LogP contribution in [-0.4, -0.2) is 44.8 Å². The van der Waals surface area contributed by atoms with Gasteiger partial charge >= 0.3 is 5.97 Å². The highest BCUT2D eigenvalue weighted by atomic mass is 32.2. The van der Waals surface area contributed by atoms with Crippen molar-refractivity contribution in [2.24, 2.45) is 0 Å². The number of sulfonamides is 1. The van der Waals surface area contributed by atoms with Gasteiger partial charge in [-0.1, -0.05) is 0 Å². The van der Waals surface area contributed by atoms with E-state index in [0.717, 1.165) is 12.8 Å². The van der Waals surface area contributed by atoms with E-state index in [9.17, 15) is 18.0 Å². The first-order valence-electron chi connectivity index (χ1n) is 7.40. The van der Waals surface area contributed by atoms with Gasteiger partial charge in [-0.3, -0.25) is 9.59 Å². The Morgan fingerprint density at radius 1 is 1.13 bits per heavy atom. The van der Waals surface area contributed by atoms with E-state index >= 15 is 0 Å². The van der Waals surface area contributed by atoms with Gasteiger partial charge in [0, 0.05) is 25.2 Å². The van der Waals surface area contributed by atoms with Crippen LogP contribution in [0.2, 0.25) is 0 Å². The van der Waals surface area contributed by atoms with Gasteiger partial charge in [-0.2, -0.15) is 4.31 Å². The molecule has 0 unspecified atom stereocenters. The highest BCUT2D eigenvalue weighted by Crippen LogP contribution is 2.22. The number of hydrogen-bond donors (Lipinski definition) is 1. The number of nitrogens with zero attached hydrogens (tertiary/aromatic N) is 1. The first-order chi connectivity index (χ1) is 10.9. The molecule has 1 saturated heterocycles. The molecule has 8 heteroatoms. The third-order valence-corrected chi connectivity index (χ3v) is 5.54. The molecule has 1 aliphatic rings. The molecule has 0 aliphatic carbocycles. The summed E-state index contributed by atoms with van der Waals surface area (Å²) in [6.45, 7) is 1.10. The highest BCUT2D eigenvalue weighted by molar-refractivity contribution is 7.89. The van der Waals surface area contributed by atoms with Gasteiger partial charge in [-0.15, -0.1) is 0 Å². The number of benzene rings is 1. The fourth-order valence-electron chi connectivity index (χ4n) is 2.33. The summed E-state index contributed by atoms with van der Waals surface area (Å²) in [5.41, 5.74) is 0.486. The van der Waals surface area contributed by atoms with Crippen molar-refractivity contribution in [1.82, 2.24) is 4.31 Å². The molecule has 126 valence electrons. The van der Waals surface area contributed by atoms with Gasteiger partial charge in [0.05, 0.1) is 18.4 Å². The summed E-state index contributed by atoms with van der Waals surface area (Å²) in [6.07, 6.45) is 1.78. The summed E-state index contributed by atoms with van der Waals surface area (Å²) in [7, 11) is -2.19. The number of rotatable bonds is 6. The zero-order chi connectivity index (χ0) is 16.9. The molecule has 2 rings (SSSR count). The maximum absolute atomic E-state index is 12.4. The summed E-state index contributed by atoms with van der Waals surface area (Å²) in [5.74, 6) is -0.780. The molecule has 0 radical (unpaired) electrons. The number of esters is 1. The average Bonchev–Trinajstić information content (AvgIpc) is 3.08. The zero-order valence-corrected chi connectivity index (χ0v) is 13.8. The maximum Gasteiger partial charge on any atom is 0.306 e. The SMILES string of the molecule is COC(=O)CCC(=O)Nc1ccc(S(=O)(=O)N2CCCC2)cc1. The van der Waals surface area contributed by atoms with Crippen LogP contribution in [0, 0.1) is 0 Å². The monoisotopic (exact) mass is 340 g/mol. The lowest BCUT2D eigenvalue weighted by molar-refractivity contribution is -0.141. The van der Waals surface area contributed by atoms with Crippen LogP contribution in [0.3, 0.4) is 0 Å². The number of ether oxygens (including phenoxy) is 1. The van der Waals surface area contributed by atoms with Gasteiger partial charge in [0.15, 0.2) is 0 Å². The fraction of sp³-hybridized carbons (Fsp3) is 0.467. The first-order valence-corrected chi connectivity index (χ1v) is 8.84. The molecule has 1 aliphatic heterocycles. The van der Waals surface area contributed by atoms with Crippen molar-refractivity contribution in [2.75, 3.05) is 25.5 Å². The smallest absolute Gasteiger partial charge is 0.306 e. The number of amides is 1. The van der Waals surface area contributed by atoms with E-state index in [-0.39, 0.29) is 23.6 Å². The van der Waals surface area contributed by atoms with Crippen LogP contribution >= 0.6 is 0 Å². The largest absolute Gasteiger partial charge is 0.469 e. The minimum Gasteiger partial charge on any atom is -0.469 e. The molecule has 7 nitrogen and oxygen atoms in total. The van der Waals surface area contributed by atoms with Crippen molar-refractivity contribution in [3.8, 4) is 0 Å². The second kappa shape index (κ2) is 7.56. The standard InChI is InChI=1S/C15H20N2O5S/c1-22-15(19)9-8-14(18)16-12-4-6-13(7-5-12)23(20,21)17-10-2-3-11-17/h4-7H,2-3,8-11H2,1H3,(H,16,18). The number of carbonyl (C=O) groups excluding carboxylic acids is 2. The van der Waals surface area contributed by atoms with Crippen LogP contribution < -0.4 is 5.32 Å². The number of nitrogens with one attached hydrogen (secondary N) is 1. The number of methoxy groups -OCH3 is 1. The lowest BCUT2D eigenvalue weighted by atomic mass is 10.2. The fourth-order valence-corrected chi connectivity index (χ4v) is 3.85. The summed E-state index contributed by atoms with van der Waals surface area (Å²) in [6, 6.07) is 6.03. The van der Waals surface area contributed by atoms with Crippen molar-refractivity contribution < 1.29 is 22.7 Å². The lowest BCUT2D eigenvalue weighted by Gasteiger charge is -2.15. The summed E-state index contributed by atoms with van der Waals surface area (Å²) >= 11 is 0. The zero-order valence-electron chi connectivity index (χ0n) is 12.9. The van der Waals surface area contributed by atoms with Crippen molar-refractivity contribution in [3.63, 3.8) is 0 Å². The van der Waals surface area contributed by atoms with Crippen LogP contribution in [0.15, 0.2) is 29.2 Å². The minimum absolute atomic E-state index is 0.00373. The van der Waals surface area contributed by atoms with Gasteiger partial charge in [-0.25, -0.2) is 8.42 Å². The Hall–Kier alpha value is -1.93. The Bertz CT molecular complexity index is 664. The van der Waals surface area contributed by atoms with Crippen LogP contribution in [-0.2, 0) is 24.3 Å². The molecule has 1 aromatic carbocycles. The van der Waals surface area contributed by atoms with E-state index in [1.165, 1.54) is 23.5 Å².